The number of hydrogen-bond acceptors (Lipinski definition) is 5. The molecule has 2 fully saturated rings. The first-order valence-electron chi connectivity index (χ1n) is 8.85. The Hall–Kier alpha value is -2.35. The van der Waals surface area contributed by atoms with Crippen LogP contribution in [0.2, 0.25) is 0 Å². The van der Waals surface area contributed by atoms with Crippen LogP contribution in [0.1, 0.15) is 53.8 Å². The summed E-state index contributed by atoms with van der Waals surface area (Å²) in [5.41, 5.74) is 1.23. The van der Waals surface area contributed by atoms with Gasteiger partial charge in [-0.15, -0.1) is 10.2 Å². The van der Waals surface area contributed by atoms with Crippen molar-refractivity contribution in [1.82, 2.24) is 20.1 Å². The number of benzene rings is 1. The van der Waals surface area contributed by atoms with Crippen molar-refractivity contribution < 1.29 is 9.59 Å². The second-order valence-electron chi connectivity index (χ2n) is 6.71. The van der Waals surface area contributed by atoms with Crippen LogP contribution in [0, 0.1) is 0 Å². The van der Waals surface area contributed by atoms with E-state index in [0.717, 1.165) is 11.0 Å². The fourth-order valence-corrected chi connectivity index (χ4v) is 3.67. The van der Waals surface area contributed by atoms with E-state index in [1.165, 1.54) is 37.4 Å². The van der Waals surface area contributed by atoms with E-state index in [1.54, 1.807) is 31.3 Å². The van der Waals surface area contributed by atoms with Crippen LogP contribution in [0.5, 0.6) is 0 Å². The Kier molecular flexibility index (Phi) is 4.67. The van der Waals surface area contributed by atoms with Crippen LogP contribution < -0.4 is 10.6 Å². The van der Waals surface area contributed by atoms with Gasteiger partial charge in [0.05, 0.1) is 5.75 Å². The predicted molar refractivity (Wildman–Crippen MR) is 99.5 cm³/mol. The average Bonchev–Trinajstić information content (AvgIpc) is 3.58. The highest BCUT2D eigenvalue weighted by Gasteiger charge is 2.36. The minimum absolute atomic E-state index is 0.0963. The maximum Gasteiger partial charge on any atom is 0.251 e. The maximum atomic E-state index is 12.2. The maximum absolute atomic E-state index is 12.2. The van der Waals surface area contributed by atoms with Gasteiger partial charge in [0.25, 0.3) is 5.91 Å². The van der Waals surface area contributed by atoms with Crippen molar-refractivity contribution in [3.8, 4) is 0 Å². The molecule has 0 unspecified atom stereocenters. The van der Waals surface area contributed by atoms with Gasteiger partial charge in [0.15, 0.2) is 5.16 Å². The molecule has 0 spiro atoms. The zero-order valence-electron chi connectivity index (χ0n) is 14.6. The van der Waals surface area contributed by atoms with Crippen molar-refractivity contribution in [3.63, 3.8) is 0 Å². The SMILES string of the molecule is CNC(=O)c1ccc(NC(=O)CSc2nnc(C3CC3)n2C2CC2)cc1. The Balaban J connectivity index is 1.35. The average molecular weight is 371 g/mol. The van der Waals surface area contributed by atoms with Crippen LogP contribution in [0.15, 0.2) is 29.4 Å². The van der Waals surface area contributed by atoms with Gasteiger partial charge in [-0.1, -0.05) is 11.8 Å². The lowest BCUT2D eigenvalue weighted by atomic mass is 10.2. The van der Waals surface area contributed by atoms with Crippen molar-refractivity contribution >= 4 is 29.3 Å². The zero-order valence-corrected chi connectivity index (χ0v) is 15.4. The van der Waals surface area contributed by atoms with E-state index in [0.29, 0.717) is 23.2 Å². The van der Waals surface area contributed by atoms with Crippen molar-refractivity contribution in [2.75, 3.05) is 18.1 Å². The van der Waals surface area contributed by atoms with E-state index in [4.69, 9.17) is 0 Å². The van der Waals surface area contributed by atoms with E-state index in [-0.39, 0.29) is 17.6 Å². The minimum Gasteiger partial charge on any atom is -0.355 e. The van der Waals surface area contributed by atoms with E-state index in [9.17, 15) is 9.59 Å². The van der Waals surface area contributed by atoms with Crippen LogP contribution in [0.25, 0.3) is 0 Å². The number of nitrogens with zero attached hydrogens (tertiary/aromatic N) is 3. The first-order valence-corrected chi connectivity index (χ1v) is 9.84. The van der Waals surface area contributed by atoms with Gasteiger partial charge in [-0.05, 0) is 49.9 Å². The molecule has 0 atom stereocenters. The fraction of sp³-hybridized carbons (Fsp3) is 0.444. The summed E-state index contributed by atoms with van der Waals surface area (Å²) >= 11 is 1.43. The lowest BCUT2D eigenvalue weighted by Gasteiger charge is -2.09. The van der Waals surface area contributed by atoms with Crippen LogP contribution in [-0.4, -0.2) is 39.4 Å². The van der Waals surface area contributed by atoms with Crippen LogP contribution >= 0.6 is 11.8 Å². The molecule has 136 valence electrons. The smallest absolute Gasteiger partial charge is 0.251 e. The standard InChI is InChI=1S/C18H21N5O2S/c1-19-17(25)12-4-6-13(7-5-12)20-15(24)10-26-18-22-21-16(11-2-3-11)23(18)14-8-9-14/h4-7,11,14H,2-3,8-10H2,1H3,(H,19,25)(H,20,24). The largest absolute Gasteiger partial charge is 0.355 e. The van der Waals surface area contributed by atoms with E-state index in [1.807, 2.05) is 0 Å². The van der Waals surface area contributed by atoms with Crippen LogP contribution in [0.3, 0.4) is 0 Å². The molecule has 2 aromatic rings. The van der Waals surface area contributed by atoms with Crippen LogP contribution in [0.4, 0.5) is 5.69 Å². The van der Waals surface area contributed by atoms with Gasteiger partial charge in [-0.25, -0.2) is 0 Å². The predicted octanol–water partition coefficient (Wildman–Crippen LogP) is 2.58. The molecule has 0 radical (unpaired) electrons. The monoisotopic (exact) mass is 371 g/mol. The molecule has 7 nitrogen and oxygen atoms in total. The molecule has 0 saturated heterocycles. The summed E-state index contributed by atoms with van der Waals surface area (Å²) in [6.07, 6.45) is 4.74. The van der Waals surface area contributed by atoms with E-state index < -0.39 is 0 Å². The summed E-state index contributed by atoms with van der Waals surface area (Å²) in [6.45, 7) is 0. The Morgan fingerprint density at radius 1 is 1.15 bits per heavy atom. The Morgan fingerprint density at radius 2 is 1.88 bits per heavy atom. The van der Waals surface area contributed by atoms with Gasteiger partial charge >= 0.3 is 0 Å². The molecule has 2 aliphatic carbocycles. The molecule has 4 rings (SSSR count). The van der Waals surface area contributed by atoms with Crippen molar-refractivity contribution in [2.24, 2.45) is 0 Å². The molecule has 26 heavy (non-hydrogen) atoms. The topological polar surface area (TPSA) is 88.9 Å². The Labute approximate surface area is 155 Å². The third-order valence-corrected chi connectivity index (χ3v) is 5.48. The third-order valence-electron chi connectivity index (χ3n) is 4.54. The number of amides is 2. The normalized spacial score (nSPS) is 16.3. The summed E-state index contributed by atoms with van der Waals surface area (Å²) in [4.78, 5) is 23.8. The molecule has 1 heterocycles. The molecular formula is C18H21N5O2S. The van der Waals surface area contributed by atoms with E-state index >= 15 is 0 Å². The zero-order chi connectivity index (χ0) is 18.1. The summed E-state index contributed by atoms with van der Waals surface area (Å²) in [6, 6.07) is 7.35. The van der Waals surface area contributed by atoms with Gasteiger partial charge in [0.2, 0.25) is 5.91 Å². The molecule has 2 aliphatic rings. The number of nitrogens with one attached hydrogen (secondary N) is 2. The minimum atomic E-state index is -0.149. The summed E-state index contributed by atoms with van der Waals surface area (Å²) in [5.74, 6) is 1.70. The molecule has 2 saturated carbocycles. The van der Waals surface area contributed by atoms with Crippen molar-refractivity contribution in [1.29, 1.82) is 0 Å². The quantitative estimate of drug-likeness (QED) is 0.730. The number of anilines is 1. The van der Waals surface area contributed by atoms with Crippen molar-refractivity contribution in [3.05, 3.63) is 35.7 Å². The highest BCUT2D eigenvalue weighted by Crippen LogP contribution is 2.45. The highest BCUT2D eigenvalue weighted by molar-refractivity contribution is 7.99. The summed E-state index contributed by atoms with van der Waals surface area (Å²) in [5, 5.41) is 14.9. The summed E-state index contributed by atoms with van der Waals surface area (Å²) in [7, 11) is 1.59. The summed E-state index contributed by atoms with van der Waals surface area (Å²) < 4.78 is 2.24. The number of carbonyl (C=O) groups excluding carboxylic acids is 2. The first-order chi connectivity index (χ1) is 12.7. The number of aromatic nitrogens is 3. The van der Waals surface area contributed by atoms with Crippen molar-refractivity contribution in [2.45, 2.75) is 42.8 Å². The van der Waals surface area contributed by atoms with Gasteiger partial charge in [0.1, 0.15) is 5.82 Å². The number of carbonyl (C=O) groups is 2. The van der Waals surface area contributed by atoms with Gasteiger partial charge in [-0.2, -0.15) is 0 Å². The van der Waals surface area contributed by atoms with Gasteiger partial charge in [0, 0.05) is 30.3 Å². The molecule has 8 heteroatoms. The fourth-order valence-electron chi connectivity index (χ4n) is 2.86. The molecular weight excluding hydrogens is 350 g/mol. The number of thioether (sulfide) groups is 1. The van der Waals surface area contributed by atoms with Gasteiger partial charge < -0.3 is 15.2 Å². The lowest BCUT2D eigenvalue weighted by molar-refractivity contribution is -0.113. The second-order valence-corrected chi connectivity index (χ2v) is 7.65. The first kappa shape index (κ1) is 17.1. The second kappa shape index (κ2) is 7.11. The molecule has 2 N–H and O–H groups in total. The number of hydrogen-bond donors (Lipinski definition) is 2. The molecule has 2 amide bonds. The van der Waals surface area contributed by atoms with Gasteiger partial charge in [-0.3, -0.25) is 9.59 Å². The highest BCUT2D eigenvalue weighted by atomic mass is 32.2. The number of rotatable bonds is 7. The Morgan fingerprint density at radius 3 is 2.50 bits per heavy atom. The van der Waals surface area contributed by atoms with Crippen LogP contribution in [-0.2, 0) is 4.79 Å². The molecule has 0 bridgehead atoms. The molecule has 0 aliphatic heterocycles. The van der Waals surface area contributed by atoms with E-state index in [2.05, 4.69) is 25.4 Å². The molecule has 1 aromatic heterocycles. The lowest BCUT2D eigenvalue weighted by Crippen LogP contribution is -2.18. The Bertz CT molecular complexity index is 825. The molecule has 1 aromatic carbocycles. The third kappa shape index (κ3) is 3.75.